The molecule has 0 amide bonds. The zero-order chi connectivity index (χ0) is 13.4. The molecule has 1 unspecified atom stereocenters. The first-order chi connectivity index (χ1) is 8.69. The Bertz CT molecular complexity index is 366. The van der Waals surface area contributed by atoms with Crippen molar-refractivity contribution in [2.75, 3.05) is 13.1 Å². The summed E-state index contributed by atoms with van der Waals surface area (Å²) >= 11 is 1.46. The monoisotopic (exact) mass is 270 g/mol. The second-order valence-electron chi connectivity index (χ2n) is 4.42. The summed E-state index contributed by atoms with van der Waals surface area (Å²) in [6.07, 6.45) is 4.49. The van der Waals surface area contributed by atoms with Gasteiger partial charge in [-0.2, -0.15) is 0 Å². The first-order valence-corrected chi connectivity index (χ1v) is 7.46. The van der Waals surface area contributed by atoms with E-state index in [4.69, 9.17) is 5.11 Å². The number of hydrogen-bond donors (Lipinski definition) is 2. The highest BCUT2D eigenvalue weighted by molar-refractivity contribution is 7.09. The molecule has 1 aromatic heterocycles. The SMILES string of the molecule is CCCCC(CNCCC)c1nc(C(=O)O)cs1. The number of rotatable bonds is 9. The number of nitrogens with one attached hydrogen (secondary N) is 1. The van der Waals surface area contributed by atoms with Gasteiger partial charge in [-0.05, 0) is 19.4 Å². The van der Waals surface area contributed by atoms with Crippen molar-refractivity contribution < 1.29 is 9.90 Å². The lowest BCUT2D eigenvalue weighted by atomic mass is 10.0. The van der Waals surface area contributed by atoms with Gasteiger partial charge < -0.3 is 10.4 Å². The van der Waals surface area contributed by atoms with Gasteiger partial charge in [0.1, 0.15) is 0 Å². The number of nitrogens with zero attached hydrogens (tertiary/aromatic N) is 1. The summed E-state index contributed by atoms with van der Waals surface area (Å²) in [6.45, 7) is 6.20. The molecular weight excluding hydrogens is 248 g/mol. The fraction of sp³-hybridized carbons (Fsp3) is 0.692. The van der Waals surface area contributed by atoms with Crippen molar-refractivity contribution in [3.8, 4) is 0 Å². The van der Waals surface area contributed by atoms with Crippen molar-refractivity contribution in [2.24, 2.45) is 0 Å². The Morgan fingerprint density at radius 3 is 2.83 bits per heavy atom. The molecule has 0 fully saturated rings. The third-order valence-corrected chi connectivity index (χ3v) is 3.82. The van der Waals surface area contributed by atoms with E-state index in [9.17, 15) is 4.79 Å². The molecule has 4 nitrogen and oxygen atoms in total. The number of aromatic carboxylic acids is 1. The smallest absolute Gasteiger partial charge is 0.355 e. The standard InChI is InChI=1S/C13H22N2O2S/c1-3-5-6-10(8-14-7-4-2)12-15-11(9-18-12)13(16)17/h9-10,14H,3-8H2,1-2H3,(H,16,17). The summed E-state index contributed by atoms with van der Waals surface area (Å²) in [7, 11) is 0. The largest absolute Gasteiger partial charge is 0.476 e. The van der Waals surface area contributed by atoms with E-state index in [0.29, 0.717) is 5.92 Å². The van der Waals surface area contributed by atoms with Gasteiger partial charge in [-0.3, -0.25) is 0 Å². The molecule has 0 aliphatic heterocycles. The van der Waals surface area contributed by atoms with E-state index in [0.717, 1.165) is 43.8 Å². The van der Waals surface area contributed by atoms with Crippen molar-refractivity contribution >= 4 is 17.3 Å². The summed E-state index contributed by atoms with van der Waals surface area (Å²) in [6, 6.07) is 0. The molecule has 1 heterocycles. The van der Waals surface area contributed by atoms with Crippen molar-refractivity contribution in [3.05, 3.63) is 16.1 Å². The normalized spacial score (nSPS) is 12.6. The highest BCUT2D eigenvalue weighted by atomic mass is 32.1. The van der Waals surface area contributed by atoms with E-state index < -0.39 is 5.97 Å². The maximum atomic E-state index is 10.8. The van der Waals surface area contributed by atoms with Crippen LogP contribution in [0.15, 0.2) is 5.38 Å². The molecule has 0 aliphatic carbocycles. The number of unbranched alkanes of at least 4 members (excludes halogenated alkanes) is 1. The average molecular weight is 270 g/mol. The number of carboxylic acids is 1. The molecule has 102 valence electrons. The molecule has 0 radical (unpaired) electrons. The second kappa shape index (κ2) is 8.21. The lowest BCUT2D eigenvalue weighted by Gasteiger charge is -2.14. The predicted octanol–water partition coefficient (Wildman–Crippen LogP) is 3.11. The zero-order valence-corrected chi connectivity index (χ0v) is 11.9. The van der Waals surface area contributed by atoms with E-state index in [2.05, 4.69) is 24.1 Å². The summed E-state index contributed by atoms with van der Waals surface area (Å²) in [5.74, 6) is -0.595. The van der Waals surface area contributed by atoms with Gasteiger partial charge in [0.25, 0.3) is 0 Å². The van der Waals surface area contributed by atoms with E-state index >= 15 is 0 Å². The van der Waals surface area contributed by atoms with Gasteiger partial charge in [0.05, 0.1) is 5.01 Å². The Kier molecular flexibility index (Phi) is 6.90. The minimum Gasteiger partial charge on any atom is -0.476 e. The van der Waals surface area contributed by atoms with Crippen LogP contribution in [0.5, 0.6) is 0 Å². The van der Waals surface area contributed by atoms with Crippen LogP contribution in [0, 0.1) is 0 Å². The van der Waals surface area contributed by atoms with Crippen molar-refractivity contribution in [1.29, 1.82) is 0 Å². The van der Waals surface area contributed by atoms with E-state index in [1.807, 2.05) is 0 Å². The molecule has 1 rings (SSSR count). The van der Waals surface area contributed by atoms with E-state index in [-0.39, 0.29) is 5.69 Å². The first-order valence-electron chi connectivity index (χ1n) is 6.58. The van der Waals surface area contributed by atoms with Gasteiger partial charge in [-0.25, -0.2) is 9.78 Å². The Balaban J connectivity index is 2.63. The molecule has 2 N–H and O–H groups in total. The van der Waals surface area contributed by atoms with Gasteiger partial charge in [0.15, 0.2) is 5.69 Å². The van der Waals surface area contributed by atoms with Crippen LogP contribution in [0.25, 0.3) is 0 Å². The van der Waals surface area contributed by atoms with Crippen LogP contribution in [-0.2, 0) is 0 Å². The summed E-state index contributed by atoms with van der Waals surface area (Å²) in [5, 5.41) is 14.9. The fourth-order valence-electron chi connectivity index (χ4n) is 1.79. The Hall–Kier alpha value is -0.940. The van der Waals surface area contributed by atoms with Crippen LogP contribution in [-0.4, -0.2) is 29.1 Å². The van der Waals surface area contributed by atoms with Crippen LogP contribution < -0.4 is 5.32 Å². The maximum absolute atomic E-state index is 10.8. The van der Waals surface area contributed by atoms with Crippen molar-refractivity contribution in [2.45, 2.75) is 45.4 Å². The zero-order valence-electron chi connectivity index (χ0n) is 11.1. The van der Waals surface area contributed by atoms with Crippen LogP contribution in [0.4, 0.5) is 0 Å². The molecule has 1 atom stereocenters. The topological polar surface area (TPSA) is 62.2 Å². The lowest BCUT2D eigenvalue weighted by Crippen LogP contribution is -2.22. The van der Waals surface area contributed by atoms with Crippen molar-refractivity contribution in [3.63, 3.8) is 0 Å². The molecular formula is C13H22N2O2S. The number of thiazole rings is 1. The number of carboxylic acid groups (broad SMARTS) is 1. The average Bonchev–Trinajstić information content (AvgIpc) is 2.83. The van der Waals surface area contributed by atoms with Crippen LogP contribution in [0.1, 0.15) is 60.9 Å². The van der Waals surface area contributed by atoms with Crippen LogP contribution in [0.3, 0.4) is 0 Å². The van der Waals surface area contributed by atoms with E-state index in [1.165, 1.54) is 11.3 Å². The third kappa shape index (κ3) is 4.74. The number of aromatic nitrogens is 1. The highest BCUT2D eigenvalue weighted by Gasteiger charge is 2.17. The first kappa shape index (κ1) is 15.1. The molecule has 0 saturated heterocycles. The molecule has 0 bridgehead atoms. The summed E-state index contributed by atoms with van der Waals surface area (Å²) < 4.78 is 0. The second-order valence-corrected chi connectivity index (χ2v) is 5.31. The Morgan fingerprint density at radius 1 is 1.50 bits per heavy atom. The third-order valence-electron chi connectivity index (χ3n) is 2.81. The molecule has 0 spiro atoms. The molecule has 18 heavy (non-hydrogen) atoms. The molecule has 1 aromatic rings. The number of carbonyl (C=O) groups is 1. The molecule has 5 heteroatoms. The minimum absolute atomic E-state index is 0.173. The maximum Gasteiger partial charge on any atom is 0.355 e. The van der Waals surface area contributed by atoms with Crippen LogP contribution >= 0.6 is 11.3 Å². The van der Waals surface area contributed by atoms with Gasteiger partial charge >= 0.3 is 5.97 Å². The van der Waals surface area contributed by atoms with E-state index in [1.54, 1.807) is 5.38 Å². The fourth-order valence-corrected chi connectivity index (χ4v) is 2.72. The highest BCUT2D eigenvalue weighted by Crippen LogP contribution is 2.25. The van der Waals surface area contributed by atoms with Gasteiger partial charge in [0.2, 0.25) is 0 Å². The van der Waals surface area contributed by atoms with Gasteiger partial charge in [-0.15, -0.1) is 11.3 Å². The van der Waals surface area contributed by atoms with Crippen molar-refractivity contribution in [1.82, 2.24) is 10.3 Å². The lowest BCUT2D eigenvalue weighted by molar-refractivity contribution is 0.0691. The molecule has 0 aromatic carbocycles. The van der Waals surface area contributed by atoms with Gasteiger partial charge in [0, 0.05) is 17.8 Å². The predicted molar refractivity (Wildman–Crippen MR) is 74.5 cm³/mol. The Morgan fingerprint density at radius 2 is 2.28 bits per heavy atom. The summed E-state index contributed by atoms with van der Waals surface area (Å²) in [5.41, 5.74) is 0.173. The summed E-state index contributed by atoms with van der Waals surface area (Å²) in [4.78, 5) is 15.1. The molecule has 0 aliphatic rings. The quantitative estimate of drug-likeness (QED) is 0.677. The minimum atomic E-state index is -0.937. The van der Waals surface area contributed by atoms with Crippen LogP contribution in [0.2, 0.25) is 0 Å². The number of hydrogen-bond acceptors (Lipinski definition) is 4. The molecule has 0 saturated carbocycles. The Labute approximate surface area is 112 Å². The van der Waals surface area contributed by atoms with Gasteiger partial charge in [-0.1, -0.05) is 26.7 Å².